The molecule has 32 heavy (non-hydrogen) atoms. The fourth-order valence-corrected chi connectivity index (χ4v) is 111. The summed E-state index contributed by atoms with van der Waals surface area (Å²) in [7, 11) is -5.98. The van der Waals surface area contributed by atoms with E-state index in [4.69, 9.17) is 0 Å². The second-order valence-electron chi connectivity index (χ2n) is 17.2. The van der Waals surface area contributed by atoms with Gasteiger partial charge in [-0.3, -0.25) is 0 Å². The molecule has 0 aliphatic heterocycles. The third-order valence-corrected chi connectivity index (χ3v) is 81.0. The summed E-state index contributed by atoms with van der Waals surface area (Å²) in [5.74, 6) is 0. The van der Waals surface area contributed by atoms with Gasteiger partial charge in [0.05, 0.1) is 0 Å². The molecule has 0 rings (SSSR count). The third-order valence-electron chi connectivity index (χ3n) is 10.5. The molecule has 0 radical (unpaired) electrons. The molecular weight excluding hydrogens is 444 g/mol. The Morgan fingerprint density at radius 3 is 0.469 bits per heavy atom. The van der Waals surface area contributed by atoms with Gasteiger partial charge in [0.1, 0.15) is 0 Å². The Morgan fingerprint density at radius 2 is 0.406 bits per heavy atom. The molecule has 0 spiro atoms. The van der Waals surface area contributed by atoms with Gasteiger partial charge in [-0.05, 0) is 0 Å². The standard InChI is InChI=1S/C27H63Si4.Li/c1-22(2,3)29(19,23(4,5)6)28(30(20,24(7,8)9)25(10,11)12)31(21,26(13,14)15)27(16,17)18;/h1-21H3;/q-1;+1. The number of hydrogen-bond donors (Lipinski definition) is 0. The Bertz CT molecular complexity index is 493. The first-order valence-corrected chi connectivity index (χ1v) is 24.8. The molecule has 0 aliphatic rings. The van der Waals surface area contributed by atoms with Gasteiger partial charge >= 0.3 is 18.9 Å². The molecule has 0 amide bonds. The smallest absolute Gasteiger partial charge is 0.246 e. The van der Waals surface area contributed by atoms with Gasteiger partial charge in [0.2, 0.25) is 0 Å². The predicted molar refractivity (Wildman–Crippen MR) is 159 cm³/mol. The molecule has 0 heterocycles. The first-order chi connectivity index (χ1) is 12.9. The fourth-order valence-electron chi connectivity index (χ4n) is 7.12. The van der Waals surface area contributed by atoms with Crippen molar-refractivity contribution in [1.82, 2.24) is 0 Å². The summed E-state index contributed by atoms with van der Waals surface area (Å²) in [6.07, 6.45) is 0. The van der Waals surface area contributed by atoms with Crippen LogP contribution in [0, 0.1) is 0 Å². The molecule has 0 aromatic heterocycles. The van der Waals surface area contributed by atoms with Crippen molar-refractivity contribution >= 4 is 30.1 Å². The van der Waals surface area contributed by atoms with Crippen molar-refractivity contribution in [2.45, 2.75) is 174 Å². The topological polar surface area (TPSA) is 0 Å². The van der Waals surface area contributed by atoms with Crippen LogP contribution < -0.4 is 18.9 Å². The maximum atomic E-state index is 2.90. The Morgan fingerprint density at radius 1 is 0.312 bits per heavy atom. The Kier molecular flexibility index (Phi) is 10.5. The first kappa shape index (κ1) is 35.6. The minimum Gasteiger partial charge on any atom is -0.246 e. The van der Waals surface area contributed by atoms with E-state index in [1.807, 2.05) is 0 Å². The zero-order chi connectivity index (χ0) is 26.1. The van der Waals surface area contributed by atoms with Gasteiger partial charge in [-0.15, -0.1) is 0 Å². The van der Waals surface area contributed by atoms with Crippen LogP contribution in [0.3, 0.4) is 0 Å². The van der Waals surface area contributed by atoms with Crippen LogP contribution in [0.25, 0.3) is 0 Å². The van der Waals surface area contributed by atoms with E-state index in [0.717, 1.165) is 0 Å². The molecule has 0 unspecified atom stereocenters. The molecular formula is C27H63LiSi4. The Balaban J connectivity index is 0. The molecule has 0 saturated heterocycles. The van der Waals surface area contributed by atoms with Crippen LogP contribution in [0.4, 0.5) is 0 Å². The normalized spacial score (nSPS) is 16.3. The van der Waals surface area contributed by atoms with Crippen LogP contribution in [0.1, 0.15) is 125 Å². The van der Waals surface area contributed by atoms with Crippen LogP contribution in [-0.2, 0) is 0 Å². The SMILES string of the molecule is CC(C)(C)[Si](C)([Si-]([Si](C)(C(C)(C)C)C(C)(C)C)[Si](C)(C(C)(C)C)C(C)(C)C)C(C)(C)C.[Li+]. The van der Waals surface area contributed by atoms with Gasteiger partial charge in [-0.1, -0.05) is 197 Å². The van der Waals surface area contributed by atoms with Crippen molar-refractivity contribution in [3.63, 3.8) is 0 Å². The molecule has 188 valence electrons. The average Bonchev–Trinajstić information content (AvgIpc) is 2.39. The van der Waals surface area contributed by atoms with Crippen LogP contribution in [0.2, 0.25) is 49.9 Å². The molecule has 0 saturated carbocycles. The van der Waals surface area contributed by atoms with E-state index in [9.17, 15) is 0 Å². The van der Waals surface area contributed by atoms with Gasteiger partial charge in [0.15, 0.2) is 0 Å². The second-order valence-corrected chi connectivity index (χ2v) is 51.8. The van der Waals surface area contributed by atoms with Crippen molar-refractivity contribution in [1.29, 1.82) is 0 Å². The van der Waals surface area contributed by atoms with E-state index in [0.29, 0.717) is 30.2 Å². The minimum atomic E-state index is -1.77. The van der Waals surface area contributed by atoms with Crippen molar-refractivity contribution in [2.75, 3.05) is 0 Å². The number of hydrogen-bond acceptors (Lipinski definition) is 0. The van der Waals surface area contributed by atoms with Crippen LogP contribution >= 0.6 is 0 Å². The molecule has 0 N–H and O–H groups in total. The second kappa shape index (κ2) is 9.40. The van der Waals surface area contributed by atoms with Gasteiger partial charge in [-0.2, -0.15) is 0 Å². The summed E-state index contributed by atoms with van der Waals surface area (Å²) in [4.78, 5) is 0. The summed E-state index contributed by atoms with van der Waals surface area (Å²) >= 11 is 0. The fraction of sp³-hybridized carbons (Fsp3) is 1.00. The molecule has 0 aliphatic carbocycles. The van der Waals surface area contributed by atoms with E-state index in [1.54, 1.807) is 0 Å². The van der Waals surface area contributed by atoms with Crippen LogP contribution in [0.5, 0.6) is 0 Å². The Labute approximate surface area is 222 Å². The molecule has 0 fully saturated rings. The van der Waals surface area contributed by atoms with Crippen LogP contribution in [-0.4, -0.2) is 30.1 Å². The minimum absolute atomic E-state index is 0. The number of rotatable bonds is 3. The molecule has 0 nitrogen and oxygen atoms in total. The Hall–Kier alpha value is 1.46. The molecule has 5 heteroatoms. The van der Waals surface area contributed by atoms with E-state index >= 15 is 0 Å². The first-order valence-electron chi connectivity index (χ1n) is 12.8. The zero-order valence-electron chi connectivity index (χ0n) is 27.0. The summed E-state index contributed by atoms with van der Waals surface area (Å²) in [6, 6.07) is 0. The van der Waals surface area contributed by atoms with E-state index in [1.165, 1.54) is 0 Å². The van der Waals surface area contributed by atoms with E-state index in [2.05, 4.69) is 144 Å². The van der Waals surface area contributed by atoms with Crippen LogP contribution in [0.15, 0.2) is 0 Å². The van der Waals surface area contributed by atoms with E-state index < -0.39 is 30.1 Å². The third kappa shape index (κ3) is 5.41. The summed E-state index contributed by atoms with van der Waals surface area (Å²) in [5.41, 5.74) is 0. The van der Waals surface area contributed by atoms with Gasteiger partial charge in [0.25, 0.3) is 0 Å². The molecule has 0 aromatic rings. The maximum Gasteiger partial charge on any atom is 1.00 e. The molecule has 0 atom stereocenters. The molecule has 0 aromatic carbocycles. The largest absolute Gasteiger partial charge is 1.00 e. The van der Waals surface area contributed by atoms with Crippen molar-refractivity contribution in [2.24, 2.45) is 0 Å². The summed E-state index contributed by atoms with van der Waals surface area (Å²) in [6.45, 7) is 56.1. The van der Waals surface area contributed by atoms with Crippen molar-refractivity contribution in [3.05, 3.63) is 0 Å². The summed E-state index contributed by atoms with van der Waals surface area (Å²) < 4.78 is 0. The summed E-state index contributed by atoms with van der Waals surface area (Å²) in [5, 5.41) is 2.39. The molecule has 0 bridgehead atoms. The predicted octanol–water partition coefficient (Wildman–Crippen LogP) is 7.76. The monoisotopic (exact) mass is 506 g/mol. The van der Waals surface area contributed by atoms with E-state index in [-0.39, 0.29) is 18.9 Å². The van der Waals surface area contributed by atoms with Gasteiger partial charge in [-0.25, -0.2) is 7.35 Å². The average molecular weight is 507 g/mol. The quantitative estimate of drug-likeness (QED) is 0.343. The van der Waals surface area contributed by atoms with Gasteiger partial charge in [0, 0.05) is 0 Å². The van der Waals surface area contributed by atoms with Crippen molar-refractivity contribution < 1.29 is 18.9 Å². The maximum absolute atomic E-state index is 2.90. The zero-order valence-corrected chi connectivity index (χ0v) is 31.0. The van der Waals surface area contributed by atoms with Crippen molar-refractivity contribution in [3.8, 4) is 0 Å². The van der Waals surface area contributed by atoms with Gasteiger partial charge < -0.3 is 0 Å².